The largest absolute Gasteiger partial charge is 0.346 e. The molecule has 122 valence electrons. The topological polar surface area (TPSA) is 83.8 Å². The van der Waals surface area contributed by atoms with Gasteiger partial charge in [0.2, 0.25) is 5.91 Å². The first-order valence-corrected chi connectivity index (χ1v) is 7.21. The van der Waals surface area contributed by atoms with Gasteiger partial charge in [0, 0.05) is 23.7 Å². The number of fused-ring (bicyclic) bond motifs is 1. The van der Waals surface area contributed by atoms with Crippen LogP contribution >= 0.6 is 34.0 Å². The summed E-state index contributed by atoms with van der Waals surface area (Å²) in [7, 11) is 0. The van der Waals surface area contributed by atoms with Crippen molar-refractivity contribution in [3.63, 3.8) is 0 Å². The molecule has 1 aliphatic carbocycles. The molecule has 0 radical (unpaired) electrons. The zero-order chi connectivity index (χ0) is 13.9. The first-order valence-electron chi connectivity index (χ1n) is 7.21. The Labute approximate surface area is 151 Å². The molecule has 0 aromatic carbocycles. The fourth-order valence-electron chi connectivity index (χ4n) is 2.97. The maximum atomic E-state index is 12.4. The molecule has 3 rings (SSSR count). The molecule has 2 aromatic heterocycles. The van der Waals surface area contributed by atoms with Crippen molar-refractivity contribution in [2.75, 3.05) is 11.9 Å². The highest BCUT2D eigenvalue weighted by Crippen LogP contribution is 2.29. The summed E-state index contributed by atoms with van der Waals surface area (Å²) in [6, 6.07) is 3.78. The van der Waals surface area contributed by atoms with Gasteiger partial charge in [-0.15, -0.1) is 34.0 Å². The van der Waals surface area contributed by atoms with Crippen molar-refractivity contribution in [3.8, 4) is 0 Å². The Morgan fingerprint density at radius 3 is 2.68 bits per heavy atom. The number of carbonyl (C=O) groups is 1. The lowest BCUT2D eigenvalue weighted by molar-refractivity contribution is -0.121. The SMILES string of the molecule is Br.Br.NC[C@H]1CC[C@H](C(=O)Nc2ccnc3[nH]ccc23)CC1. The molecular formula is C15H22Br2N4O. The van der Waals surface area contributed by atoms with E-state index in [0.717, 1.165) is 48.9 Å². The Kier molecular flexibility index (Phi) is 7.52. The highest BCUT2D eigenvalue weighted by atomic mass is 79.9. The average molecular weight is 434 g/mol. The molecule has 22 heavy (non-hydrogen) atoms. The van der Waals surface area contributed by atoms with Crippen LogP contribution in [0.2, 0.25) is 0 Å². The normalized spacial score (nSPS) is 20.8. The quantitative estimate of drug-likeness (QED) is 0.693. The number of H-pyrrole nitrogens is 1. The van der Waals surface area contributed by atoms with Crippen LogP contribution in [0.25, 0.3) is 11.0 Å². The van der Waals surface area contributed by atoms with Crippen LogP contribution in [-0.4, -0.2) is 22.4 Å². The number of hydrogen-bond acceptors (Lipinski definition) is 3. The third-order valence-electron chi connectivity index (χ3n) is 4.27. The smallest absolute Gasteiger partial charge is 0.227 e. The lowest BCUT2D eigenvalue weighted by Gasteiger charge is -2.26. The highest BCUT2D eigenvalue weighted by Gasteiger charge is 2.25. The van der Waals surface area contributed by atoms with Crippen molar-refractivity contribution >= 4 is 56.6 Å². The van der Waals surface area contributed by atoms with Crippen molar-refractivity contribution in [1.29, 1.82) is 0 Å². The molecule has 7 heteroatoms. The fraction of sp³-hybridized carbons (Fsp3) is 0.467. The van der Waals surface area contributed by atoms with Crippen LogP contribution in [-0.2, 0) is 4.79 Å². The second kappa shape index (κ2) is 8.64. The van der Waals surface area contributed by atoms with Crippen LogP contribution in [0.1, 0.15) is 25.7 Å². The van der Waals surface area contributed by atoms with E-state index in [9.17, 15) is 4.79 Å². The van der Waals surface area contributed by atoms with Gasteiger partial charge in [0.1, 0.15) is 5.65 Å². The molecule has 0 bridgehead atoms. The van der Waals surface area contributed by atoms with Gasteiger partial charge in [-0.05, 0) is 50.3 Å². The van der Waals surface area contributed by atoms with Crippen LogP contribution in [0.3, 0.4) is 0 Å². The van der Waals surface area contributed by atoms with Crippen molar-refractivity contribution in [2.45, 2.75) is 25.7 Å². The first-order chi connectivity index (χ1) is 9.78. The second-order valence-corrected chi connectivity index (χ2v) is 5.54. The molecule has 0 atom stereocenters. The fourth-order valence-corrected chi connectivity index (χ4v) is 2.97. The summed E-state index contributed by atoms with van der Waals surface area (Å²) in [4.78, 5) is 19.6. The molecule has 0 aliphatic heterocycles. The second-order valence-electron chi connectivity index (χ2n) is 5.54. The van der Waals surface area contributed by atoms with Crippen molar-refractivity contribution in [3.05, 3.63) is 24.5 Å². The zero-order valence-electron chi connectivity index (χ0n) is 12.2. The predicted molar refractivity (Wildman–Crippen MR) is 99.9 cm³/mol. The molecule has 1 amide bonds. The molecule has 1 saturated carbocycles. The van der Waals surface area contributed by atoms with E-state index in [4.69, 9.17) is 5.73 Å². The summed E-state index contributed by atoms with van der Waals surface area (Å²) in [6.45, 7) is 0.739. The number of pyridine rings is 1. The van der Waals surface area contributed by atoms with Crippen molar-refractivity contribution in [1.82, 2.24) is 9.97 Å². The minimum atomic E-state index is 0. The molecule has 0 saturated heterocycles. The number of aromatic amines is 1. The Balaban J connectivity index is 0.00000121. The number of nitrogens with one attached hydrogen (secondary N) is 2. The van der Waals surface area contributed by atoms with E-state index in [2.05, 4.69) is 15.3 Å². The number of amides is 1. The average Bonchev–Trinajstić information content (AvgIpc) is 2.97. The highest BCUT2D eigenvalue weighted by molar-refractivity contribution is 8.93. The number of carbonyl (C=O) groups excluding carboxylic acids is 1. The maximum Gasteiger partial charge on any atom is 0.227 e. The van der Waals surface area contributed by atoms with Gasteiger partial charge >= 0.3 is 0 Å². The third kappa shape index (κ3) is 4.08. The van der Waals surface area contributed by atoms with Gasteiger partial charge in [-0.3, -0.25) is 4.79 Å². The number of halogens is 2. The monoisotopic (exact) mass is 432 g/mol. The van der Waals surface area contributed by atoms with Gasteiger partial charge in [0.15, 0.2) is 0 Å². The summed E-state index contributed by atoms with van der Waals surface area (Å²) in [5, 5.41) is 4.00. The molecule has 5 nitrogen and oxygen atoms in total. The predicted octanol–water partition coefficient (Wildman–Crippen LogP) is 3.42. The van der Waals surface area contributed by atoms with Crippen molar-refractivity contribution < 1.29 is 4.79 Å². The van der Waals surface area contributed by atoms with Crippen LogP contribution in [0.15, 0.2) is 24.5 Å². The van der Waals surface area contributed by atoms with Gasteiger partial charge in [-0.1, -0.05) is 0 Å². The van der Waals surface area contributed by atoms with Crippen LogP contribution in [0.5, 0.6) is 0 Å². The third-order valence-corrected chi connectivity index (χ3v) is 4.27. The molecule has 4 N–H and O–H groups in total. The Hall–Kier alpha value is -0.920. The van der Waals surface area contributed by atoms with E-state index >= 15 is 0 Å². The number of anilines is 1. The van der Waals surface area contributed by atoms with E-state index in [1.165, 1.54) is 0 Å². The summed E-state index contributed by atoms with van der Waals surface area (Å²) in [6.07, 6.45) is 7.54. The van der Waals surface area contributed by atoms with Gasteiger partial charge in [0.05, 0.1) is 5.69 Å². The van der Waals surface area contributed by atoms with Crippen LogP contribution in [0, 0.1) is 11.8 Å². The number of nitrogens with zero attached hydrogens (tertiary/aromatic N) is 1. The summed E-state index contributed by atoms with van der Waals surface area (Å²) >= 11 is 0. The van der Waals surface area contributed by atoms with Gasteiger partial charge in [0.25, 0.3) is 0 Å². The number of aromatic nitrogens is 2. The number of hydrogen-bond donors (Lipinski definition) is 3. The molecule has 0 unspecified atom stereocenters. The molecule has 2 heterocycles. The molecule has 1 aliphatic rings. The molecular weight excluding hydrogens is 412 g/mol. The Morgan fingerprint density at radius 1 is 1.27 bits per heavy atom. The van der Waals surface area contributed by atoms with Gasteiger partial charge < -0.3 is 16.0 Å². The lowest BCUT2D eigenvalue weighted by Crippen LogP contribution is -2.29. The lowest BCUT2D eigenvalue weighted by atomic mass is 9.81. The van der Waals surface area contributed by atoms with E-state index in [-0.39, 0.29) is 45.8 Å². The summed E-state index contributed by atoms with van der Waals surface area (Å²) in [5.74, 6) is 0.825. The summed E-state index contributed by atoms with van der Waals surface area (Å²) < 4.78 is 0. The molecule has 0 spiro atoms. The maximum absolute atomic E-state index is 12.4. The number of nitrogens with two attached hydrogens (primary N) is 1. The van der Waals surface area contributed by atoms with E-state index in [1.54, 1.807) is 6.20 Å². The van der Waals surface area contributed by atoms with Gasteiger partial charge in [-0.2, -0.15) is 0 Å². The molecule has 2 aromatic rings. The Bertz CT molecular complexity index is 608. The van der Waals surface area contributed by atoms with E-state index in [0.29, 0.717) is 5.92 Å². The first kappa shape index (κ1) is 19.1. The van der Waals surface area contributed by atoms with Crippen LogP contribution in [0.4, 0.5) is 5.69 Å². The molecule has 1 fully saturated rings. The Morgan fingerprint density at radius 2 is 2.00 bits per heavy atom. The minimum Gasteiger partial charge on any atom is -0.346 e. The van der Waals surface area contributed by atoms with E-state index < -0.39 is 0 Å². The van der Waals surface area contributed by atoms with E-state index in [1.807, 2.05) is 18.3 Å². The minimum absolute atomic E-state index is 0. The van der Waals surface area contributed by atoms with Gasteiger partial charge in [-0.25, -0.2) is 4.98 Å². The van der Waals surface area contributed by atoms with Crippen molar-refractivity contribution in [2.24, 2.45) is 17.6 Å². The zero-order valence-corrected chi connectivity index (χ0v) is 15.7. The summed E-state index contributed by atoms with van der Waals surface area (Å²) in [5.41, 5.74) is 7.32. The standard InChI is InChI=1S/C15H20N4O.2BrH/c16-9-10-1-3-11(4-2-10)15(20)19-13-6-8-18-14-12(13)5-7-17-14;;/h5-8,10-11H,1-4,9,16H2,(H2,17,18,19,20);2*1H/t10-,11-;;. The van der Waals surface area contributed by atoms with Crippen LogP contribution < -0.4 is 11.1 Å². The number of rotatable bonds is 3.